The van der Waals surface area contributed by atoms with Gasteiger partial charge in [0.15, 0.2) is 11.8 Å². The van der Waals surface area contributed by atoms with E-state index in [9.17, 15) is 0 Å². The van der Waals surface area contributed by atoms with Gasteiger partial charge in [0.05, 0.1) is 25.4 Å². The molecule has 3 heterocycles. The highest BCUT2D eigenvalue weighted by Crippen LogP contribution is 2.18. The molecule has 1 N–H and O–H groups in total. The second-order valence-electron chi connectivity index (χ2n) is 6.94. The third-order valence-electron chi connectivity index (χ3n) is 5.19. The fourth-order valence-electron chi connectivity index (χ4n) is 3.59. The number of aliphatic imine (C=N–C) groups is 1. The number of guanidine groups is 1. The van der Waals surface area contributed by atoms with Gasteiger partial charge in [-0.2, -0.15) is 0 Å². The van der Waals surface area contributed by atoms with E-state index in [1.807, 2.05) is 11.6 Å². The summed E-state index contributed by atoms with van der Waals surface area (Å²) in [5.74, 6) is 1.85. The van der Waals surface area contributed by atoms with Crippen molar-refractivity contribution < 1.29 is 9.47 Å². The fourth-order valence-corrected chi connectivity index (χ4v) is 3.59. The van der Waals surface area contributed by atoms with Crippen molar-refractivity contribution in [3.63, 3.8) is 0 Å². The number of nitrogens with zero attached hydrogens (tertiary/aromatic N) is 5. The Labute approximate surface area is 156 Å². The Balaban J connectivity index is 1.39. The topological polar surface area (TPSA) is 76.8 Å². The number of ether oxygens (including phenoxy) is 2. The molecular formula is C18H32N6O2. The van der Waals surface area contributed by atoms with Crippen molar-refractivity contribution in [3.05, 3.63) is 12.2 Å². The normalized spacial score (nSPS) is 22.6. The van der Waals surface area contributed by atoms with Crippen molar-refractivity contribution in [1.82, 2.24) is 25.0 Å². The summed E-state index contributed by atoms with van der Waals surface area (Å²) in [6, 6.07) is 0. The summed E-state index contributed by atoms with van der Waals surface area (Å²) in [7, 11) is 1.83. The maximum Gasteiger partial charge on any atom is 0.194 e. The number of hydrogen-bond acceptors (Lipinski definition) is 5. The van der Waals surface area contributed by atoms with Crippen molar-refractivity contribution in [2.75, 3.05) is 33.4 Å². The molecule has 3 rings (SSSR count). The molecule has 8 nitrogen and oxygen atoms in total. The molecule has 0 radical (unpaired) electrons. The lowest BCUT2D eigenvalue weighted by atomic mass is 10.1. The minimum atomic E-state index is 0.298. The zero-order valence-corrected chi connectivity index (χ0v) is 16.1. The van der Waals surface area contributed by atoms with Crippen LogP contribution in [0.1, 0.15) is 44.9 Å². The lowest BCUT2D eigenvalue weighted by Crippen LogP contribution is -2.47. The van der Waals surface area contributed by atoms with Gasteiger partial charge in [0.1, 0.15) is 6.33 Å². The van der Waals surface area contributed by atoms with Crippen molar-refractivity contribution in [3.8, 4) is 0 Å². The van der Waals surface area contributed by atoms with E-state index in [2.05, 4.69) is 32.3 Å². The van der Waals surface area contributed by atoms with Crippen LogP contribution in [0.3, 0.4) is 0 Å². The van der Waals surface area contributed by atoms with Crippen LogP contribution in [0.25, 0.3) is 0 Å². The van der Waals surface area contributed by atoms with Crippen LogP contribution in [-0.4, -0.2) is 71.2 Å². The van der Waals surface area contributed by atoms with E-state index in [4.69, 9.17) is 9.47 Å². The van der Waals surface area contributed by atoms with Gasteiger partial charge in [-0.3, -0.25) is 4.99 Å². The number of likely N-dealkylation sites (tertiary alicyclic amines) is 1. The molecule has 0 aromatic carbocycles. The summed E-state index contributed by atoms with van der Waals surface area (Å²) >= 11 is 0. The molecule has 2 aliphatic heterocycles. The summed E-state index contributed by atoms with van der Waals surface area (Å²) < 4.78 is 13.9. The number of aryl methyl sites for hydroxylation is 1. The fraction of sp³-hybridized carbons (Fsp3) is 0.833. The van der Waals surface area contributed by atoms with E-state index >= 15 is 0 Å². The predicted octanol–water partition coefficient (Wildman–Crippen LogP) is 1.42. The van der Waals surface area contributed by atoms with Gasteiger partial charge in [-0.05, 0) is 39.0 Å². The van der Waals surface area contributed by atoms with E-state index in [-0.39, 0.29) is 0 Å². The van der Waals surface area contributed by atoms with Gasteiger partial charge in [-0.25, -0.2) is 0 Å². The summed E-state index contributed by atoms with van der Waals surface area (Å²) in [4.78, 5) is 6.72. The zero-order chi connectivity index (χ0) is 18.2. The highest BCUT2D eigenvalue weighted by atomic mass is 16.5. The van der Waals surface area contributed by atoms with Crippen LogP contribution < -0.4 is 5.32 Å². The molecule has 2 saturated heterocycles. The number of rotatable bonds is 6. The van der Waals surface area contributed by atoms with Crippen LogP contribution in [0.2, 0.25) is 0 Å². The minimum absolute atomic E-state index is 0.298. The van der Waals surface area contributed by atoms with Crippen molar-refractivity contribution in [2.24, 2.45) is 4.99 Å². The summed E-state index contributed by atoms with van der Waals surface area (Å²) in [5, 5.41) is 11.5. The largest absolute Gasteiger partial charge is 0.376 e. The molecule has 1 aromatic rings. The first kappa shape index (κ1) is 19.1. The highest BCUT2D eigenvalue weighted by molar-refractivity contribution is 5.79. The lowest BCUT2D eigenvalue weighted by Gasteiger charge is -2.35. The molecule has 1 atom stereocenters. The standard InChI is InChI=1S/C18H32N6O2/c1-3-23-14-21-22-17(23)12-20-18(19-2)24-9-7-15(8-10-24)26-13-16-6-4-5-11-25-16/h14-16H,3-13H2,1-2H3,(H,19,20). The van der Waals surface area contributed by atoms with Crippen LogP contribution in [-0.2, 0) is 22.6 Å². The molecule has 0 amide bonds. The van der Waals surface area contributed by atoms with E-state index < -0.39 is 0 Å². The van der Waals surface area contributed by atoms with E-state index in [0.29, 0.717) is 18.8 Å². The number of aromatic nitrogens is 3. The molecule has 8 heteroatoms. The van der Waals surface area contributed by atoms with E-state index in [0.717, 1.165) is 63.9 Å². The Morgan fingerprint density at radius 2 is 2.19 bits per heavy atom. The first-order chi connectivity index (χ1) is 12.8. The first-order valence-corrected chi connectivity index (χ1v) is 9.85. The molecule has 26 heavy (non-hydrogen) atoms. The molecule has 2 fully saturated rings. The van der Waals surface area contributed by atoms with Crippen LogP contribution >= 0.6 is 0 Å². The highest BCUT2D eigenvalue weighted by Gasteiger charge is 2.24. The Morgan fingerprint density at radius 1 is 1.35 bits per heavy atom. The molecule has 1 unspecified atom stereocenters. The van der Waals surface area contributed by atoms with Crippen LogP contribution in [0.4, 0.5) is 0 Å². The molecule has 146 valence electrons. The molecule has 0 saturated carbocycles. The molecule has 0 aliphatic carbocycles. The van der Waals surface area contributed by atoms with Gasteiger partial charge < -0.3 is 24.3 Å². The SMILES string of the molecule is CCn1cnnc1CNC(=NC)N1CCC(OCC2CCCCO2)CC1. The maximum absolute atomic E-state index is 6.10. The monoisotopic (exact) mass is 364 g/mol. The summed E-state index contributed by atoms with van der Waals surface area (Å²) in [6.07, 6.45) is 8.04. The predicted molar refractivity (Wildman–Crippen MR) is 100 cm³/mol. The van der Waals surface area contributed by atoms with Gasteiger partial charge in [0, 0.05) is 33.3 Å². The maximum atomic E-state index is 6.10. The van der Waals surface area contributed by atoms with Crippen molar-refractivity contribution >= 4 is 5.96 Å². The van der Waals surface area contributed by atoms with E-state index in [1.54, 1.807) is 6.33 Å². The van der Waals surface area contributed by atoms with Gasteiger partial charge in [0.2, 0.25) is 0 Å². The Hall–Kier alpha value is -1.67. The quantitative estimate of drug-likeness (QED) is 0.608. The van der Waals surface area contributed by atoms with Crippen LogP contribution in [0.15, 0.2) is 11.3 Å². The second-order valence-corrected chi connectivity index (χ2v) is 6.94. The first-order valence-electron chi connectivity index (χ1n) is 9.85. The molecular weight excluding hydrogens is 332 g/mol. The van der Waals surface area contributed by atoms with Crippen LogP contribution in [0, 0.1) is 0 Å². The molecule has 0 bridgehead atoms. The molecule has 0 spiro atoms. The Morgan fingerprint density at radius 3 is 2.88 bits per heavy atom. The van der Waals surface area contributed by atoms with E-state index in [1.165, 1.54) is 12.8 Å². The minimum Gasteiger partial charge on any atom is -0.376 e. The Kier molecular flexibility index (Phi) is 7.25. The van der Waals surface area contributed by atoms with Crippen LogP contribution in [0.5, 0.6) is 0 Å². The number of hydrogen-bond donors (Lipinski definition) is 1. The lowest BCUT2D eigenvalue weighted by molar-refractivity contribution is -0.0721. The average Bonchev–Trinajstić information content (AvgIpc) is 3.16. The average molecular weight is 364 g/mol. The third-order valence-corrected chi connectivity index (χ3v) is 5.19. The number of piperidine rings is 1. The Bertz CT molecular complexity index is 562. The number of nitrogens with one attached hydrogen (secondary N) is 1. The van der Waals surface area contributed by atoms with Gasteiger partial charge >= 0.3 is 0 Å². The third kappa shape index (κ3) is 5.17. The second kappa shape index (κ2) is 9.87. The summed E-state index contributed by atoms with van der Waals surface area (Å²) in [5.41, 5.74) is 0. The van der Waals surface area contributed by atoms with Gasteiger partial charge in [0.25, 0.3) is 0 Å². The van der Waals surface area contributed by atoms with Crippen molar-refractivity contribution in [2.45, 2.75) is 64.3 Å². The summed E-state index contributed by atoms with van der Waals surface area (Å²) in [6.45, 7) is 7.13. The molecule has 1 aromatic heterocycles. The van der Waals surface area contributed by atoms with Gasteiger partial charge in [-0.15, -0.1) is 10.2 Å². The zero-order valence-electron chi connectivity index (χ0n) is 16.1. The van der Waals surface area contributed by atoms with Gasteiger partial charge in [-0.1, -0.05) is 0 Å². The smallest absolute Gasteiger partial charge is 0.194 e. The van der Waals surface area contributed by atoms with Crippen molar-refractivity contribution in [1.29, 1.82) is 0 Å². The molecule has 2 aliphatic rings.